The van der Waals surface area contributed by atoms with Crippen LogP contribution >= 0.6 is 15.9 Å². The summed E-state index contributed by atoms with van der Waals surface area (Å²) in [6, 6.07) is 1.61. The largest absolute Gasteiger partial charge is 0.461 e. The van der Waals surface area contributed by atoms with Crippen molar-refractivity contribution in [1.82, 2.24) is 4.98 Å². The number of hydrogen-bond donors (Lipinski definition) is 1. The average Bonchev–Trinajstić information content (AvgIpc) is 2.29. The Kier molecular flexibility index (Phi) is 5.50. The molecule has 0 fully saturated rings. The molecule has 0 bridgehead atoms. The lowest BCUT2D eigenvalue weighted by Crippen LogP contribution is -2.28. The number of hydrogen-bond acceptors (Lipinski definition) is 5. The maximum absolute atomic E-state index is 11.8. The lowest BCUT2D eigenvalue weighted by Gasteiger charge is -2.20. The van der Waals surface area contributed by atoms with E-state index in [1.54, 1.807) is 33.8 Å². The molecule has 1 heterocycles. The maximum atomic E-state index is 11.8. The average molecular weight is 345 g/mol. The summed E-state index contributed by atoms with van der Waals surface area (Å²) in [7, 11) is 0. The van der Waals surface area contributed by atoms with E-state index in [4.69, 9.17) is 9.47 Å². The molecule has 6 nitrogen and oxygen atoms in total. The molecule has 0 aliphatic heterocycles. The van der Waals surface area contributed by atoms with E-state index >= 15 is 0 Å². The van der Waals surface area contributed by atoms with Crippen LogP contribution in [0.1, 0.15) is 38.2 Å². The Morgan fingerprint density at radius 2 is 2.05 bits per heavy atom. The number of esters is 1. The Balaban J connectivity index is 2.99. The molecule has 0 aromatic carbocycles. The maximum Gasteiger partial charge on any atom is 0.412 e. The Labute approximate surface area is 126 Å². The molecule has 1 rings (SSSR count). The predicted molar refractivity (Wildman–Crippen MR) is 77.8 cm³/mol. The minimum absolute atomic E-state index is 0.0204. The highest BCUT2D eigenvalue weighted by Crippen LogP contribution is 2.26. The van der Waals surface area contributed by atoms with Crippen LogP contribution in [0.5, 0.6) is 0 Å². The van der Waals surface area contributed by atoms with Crippen LogP contribution in [0.3, 0.4) is 0 Å². The van der Waals surface area contributed by atoms with Crippen molar-refractivity contribution < 1.29 is 19.1 Å². The molecule has 0 saturated carbocycles. The fourth-order valence-electron chi connectivity index (χ4n) is 1.32. The van der Waals surface area contributed by atoms with Crippen molar-refractivity contribution in [2.45, 2.75) is 33.3 Å². The van der Waals surface area contributed by atoms with Gasteiger partial charge in [-0.3, -0.25) is 5.32 Å². The highest BCUT2D eigenvalue weighted by atomic mass is 79.9. The monoisotopic (exact) mass is 344 g/mol. The molecule has 0 atom stereocenters. The van der Waals surface area contributed by atoms with E-state index in [0.717, 1.165) is 0 Å². The number of rotatable bonds is 3. The zero-order valence-electron chi connectivity index (χ0n) is 11.8. The van der Waals surface area contributed by atoms with Crippen LogP contribution in [0.15, 0.2) is 16.7 Å². The minimum atomic E-state index is -0.670. The first kappa shape index (κ1) is 16.4. The van der Waals surface area contributed by atoms with E-state index in [1.165, 1.54) is 6.20 Å². The number of nitrogens with zero attached hydrogens (tertiary/aromatic N) is 1. The Hall–Kier alpha value is -1.63. The topological polar surface area (TPSA) is 77.5 Å². The molecule has 110 valence electrons. The van der Waals surface area contributed by atoms with Gasteiger partial charge in [0.25, 0.3) is 0 Å². The van der Waals surface area contributed by atoms with Gasteiger partial charge >= 0.3 is 12.1 Å². The van der Waals surface area contributed by atoms with Crippen molar-refractivity contribution in [1.29, 1.82) is 0 Å². The number of carbonyl (C=O) groups is 2. The van der Waals surface area contributed by atoms with Crippen LogP contribution in [0, 0.1) is 0 Å². The Morgan fingerprint density at radius 1 is 1.40 bits per heavy atom. The first-order chi connectivity index (χ1) is 9.24. The summed E-state index contributed by atoms with van der Waals surface area (Å²) in [5, 5.41) is 2.50. The van der Waals surface area contributed by atoms with Gasteiger partial charge in [0, 0.05) is 10.7 Å². The third kappa shape index (κ3) is 4.80. The molecule has 0 unspecified atom stereocenters. The smallest absolute Gasteiger partial charge is 0.412 e. The lowest BCUT2D eigenvalue weighted by molar-refractivity contribution is 0.0520. The summed E-state index contributed by atoms with van der Waals surface area (Å²) in [5.41, 5.74) is -0.393. The number of carbonyl (C=O) groups excluding carboxylic acids is 2. The number of anilines is 1. The molecule has 0 spiro atoms. The van der Waals surface area contributed by atoms with E-state index < -0.39 is 17.7 Å². The summed E-state index contributed by atoms with van der Waals surface area (Å²) in [5.74, 6) is -0.611. The van der Waals surface area contributed by atoms with Crippen molar-refractivity contribution in [2.75, 3.05) is 11.9 Å². The second-order valence-electron chi connectivity index (χ2n) is 4.86. The highest BCUT2D eigenvalue weighted by Gasteiger charge is 2.22. The number of nitrogens with one attached hydrogen (secondary N) is 1. The van der Waals surface area contributed by atoms with Crippen LogP contribution in [-0.4, -0.2) is 29.3 Å². The highest BCUT2D eigenvalue weighted by molar-refractivity contribution is 9.10. The summed E-state index contributed by atoms with van der Waals surface area (Å²) in [6.45, 7) is 7.15. The number of pyridine rings is 1. The van der Waals surface area contributed by atoms with Crippen molar-refractivity contribution in [3.63, 3.8) is 0 Å². The van der Waals surface area contributed by atoms with Crippen LogP contribution in [0.2, 0.25) is 0 Å². The van der Waals surface area contributed by atoms with Crippen molar-refractivity contribution >= 4 is 33.7 Å². The van der Waals surface area contributed by atoms with E-state index in [9.17, 15) is 9.59 Å². The summed E-state index contributed by atoms with van der Waals surface area (Å²) >= 11 is 3.26. The molecule has 7 heteroatoms. The standard InChI is InChI=1S/C13H17BrN2O4/c1-5-19-11(17)10-9(8(14)6-7-15-10)16-12(18)20-13(2,3)4/h6-7H,5H2,1-4H3,(H,16,18). The van der Waals surface area contributed by atoms with Gasteiger partial charge in [-0.1, -0.05) is 0 Å². The van der Waals surface area contributed by atoms with Gasteiger partial charge in [-0.05, 0) is 49.7 Å². The fraction of sp³-hybridized carbons (Fsp3) is 0.462. The van der Waals surface area contributed by atoms with Crippen molar-refractivity contribution in [3.05, 3.63) is 22.4 Å². The van der Waals surface area contributed by atoms with Gasteiger partial charge in [0.05, 0.1) is 12.3 Å². The molecule has 0 radical (unpaired) electrons. The number of ether oxygens (including phenoxy) is 2. The van der Waals surface area contributed by atoms with Crippen molar-refractivity contribution in [3.8, 4) is 0 Å². The molecule has 20 heavy (non-hydrogen) atoms. The molecular formula is C13H17BrN2O4. The van der Waals surface area contributed by atoms with Crippen LogP contribution in [-0.2, 0) is 9.47 Å². The Morgan fingerprint density at radius 3 is 2.60 bits per heavy atom. The molecular weight excluding hydrogens is 328 g/mol. The van der Waals surface area contributed by atoms with Crippen molar-refractivity contribution in [2.24, 2.45) is 0 Å². The SMILES string of the molecule is CCOC(=O)c1nccc(Br)c1NC(=O)OC(C)(C)C. The van der Waals surface area contributed by atoms with Gasteiger partial charge in [-0.25, -0.2) is 14.6 Å². The van der Waals surface area contributed by atoms with Gasteiger partial charge < -0.3 is 9.47 Å². The number of amides is 1. The molecule has 0 aliphatic rings. The van der Waals surface area contributed by atoms with Crippen LogP contribution in [0.25, 0.3) is 0 Å². The quantitative estimate of drug-likeness (QED) is 0.850. The van der Waals surface area contributed by atoms with Crippen LogP contribution in [0.4, 0.5) is 10.5 Å². The summed E-state index contributed by atoms with van der Waals surface area (Å²) in [6.07, 6.45) is 0.771. The van der Waals surface area contributed by atoms with Gasteiger partial charge in [0.15, 0.2) is 5.69 Å². The number of aromatic nitrogens is 1. The first-order valence-electron chi connectivity index (χ1n) is 6.06. The van der Waals surface area contributed by atoms with Gasteiger partial charge in [0.2, 0.25) is 0 Å². The molecule has 1 amide bonds. The zero-order valence-corrected chi connectivity index (χ0v) is 13.4. The third-order valence-electron chi connectivity index (χ3n) is 1.99. The predicted octanol–water partition coefficient (Wildman–Crippen LogP) is 3.37. The third-order valence-corrected chi connectivity index (χ3v) is 2.66. The van der Waals surface area contributed by atoms with E-state index in [1.807, 2.05) is 0 Å². The molecule has 1 aromatic heterocycles. The molecule has 1 aromatic rings. The summed E-state index contributed by atoms with van der Waals surface area (Å²) < 4.78 is 10.5. The lowest BCUT2D eigenvalue weighted by atomic mass is 10.2. The van der Waals surface area contributed by atoms with Gasteiger partial charge in [-0.15, -0.1) is 0 Å². The molecule has 0 saturated heterocycles. The first-order valence-corrected chi connectivity index (χ1v) is 6.85. The van der Waals surface area contributed by atoms with E-state index in [-0.39, 0.29) is 18.0 Å². The van der Waals surface area contributed by atoms with Crippen LogP contribution < -0.4 is 5.32 Å². The zero-order chi connectivity index (χ0) is 15.3. The van der Waals surface area contributed by atoms with Gasteiger partial charge in [0.1, 0.15) is 5.60 Å². The van der Waals surface area contributed by atoms with E-state index in [0.29, 0.717) is 4.47 Å². The second kappa shape index (κ2) is 6.69. The molecule has 0 aliphatic carbocycles. The number of halogens is 1. The normalized spacial score (nSPS) is 10.8. The fourth-order valence-corrected chi connectivity index (χ4v) is 1.72. The second-order valence-corrected chi connectivity index (χ2v) is 5.72. The summed E-state index contributed by atoms with van der Waals surface area (Å²) in [4.78, 5) is 27.5. The van der Waals surface area contributed by atoms with E-state index in [2.05, 4.69) is 26.2 Å². The Bertz CT molecular complexity index is 512. The van der Waals surface area contributed by atoms with Gasteiger partial charge in [-0.2, -0.15) is 0 Å². The minimum Gasteiger partial charge on any atom is -0.461 e. The molecule has 1 N–H and O–H groups in total.